The molecule has 1 fully saturated rings. The summed E-state index contributed by atoms with van der Waals surface area (Å²) in [4.78, 5) is 0. The van der Waals surface area contributed by atoms with Crippen molar-refractivity contribution in [2.45, 2.75) is 37.6 Å². The van der Waals surface area contributed by atoms with Gasteiger partial charge in [-0.05, 0) is 43.4 Å². The molecule has 3 atom stereocenters. The van der Waals surface area contributed by atoms with E-state index in [0.29, 0.717) is 24.2 Å². The fourth-order valence-corrected chi connectivity index (χ4v) is 3.86. The molecule has 2 nitrogen and oxygen atoms in total. The number of unbranched alkanes of at least 4 members (excludes halogenated alkanes) is 1. The van der Waals surface area contributed by atoms with E-state index >= 15 is 0 Å². The first-order valence-electron chi connectivity index (χ1n) is 6.27. The van der Waals surface area contributed by atoms with Crippen LogP contribution in [0.25, 0.3) is 0 Å². The van der Waals surface area contributed by atoms with E-state index in [0.717, 1.165) is 12.8 Å². The highest BCUT2D eigenvalue weighted by atomic mass is 32.2. The number of alkyl halides is 3. The van der Waals surface area contributed by atoms with Gasteiger partial charge >= 0.3 is 5.51 Å². The van der Waals surface area contributed by atoms with Crippen molar-refractivity contribution in [2.24, 2.45) is 17.8 Å². The summed E-state index contributed by atoms with van der Waals surface area (Å²) < 4.78 is 57.9. The third-order valence-electron chi connectivity index (χ3n) is 4.01. The van der Waals surface area contributed by atoms with E-state index in [1.807, 2.05) is 0 Å². The Morgan fingerprint density at radius 1 is 1.11 bits per heavy atom. The van der Waals surface area contributed by atoms with Gasteiger partial charge in [-0.15, -0.1) is 0 Å². The maximum absolute atomic E-state index is 12.1. The maximum Gasteiger partial charge on any atom is 0.497 e. The normalized spacial score (nSPS) is 31.2. The van der Waals surface area contributed by atoms with Gasteiger partial charge in [0.1, 0.15) is 0 Å². The molecule has 104 valence electrons. The van der Waals surface area contributed by atoms with E-state index in [4.69, 9.17) is 0 Å². The smallest absolute Gasteiger partial charge is 0.220 e. The molecule has 0 aromatic carbocycles. The minimum Gasteiger partial charge on any atom is -0.220 e. The lowest BCUT2D eigenvalue weighted by molar-refractivity contribution is -0.0435. The topological polar surface area (TPSA) is 34.1 Å². The van der Waals surface area contributed by atoms with E-state index in [-0.39, 0.29) is 6.42 Å². The first kappa shape index (κ1) is 13.9. The predicted octanol–water partition coefficient (Wildman–Crippen LogP) is 3.30. The van der Waals surface area contributed by atoms with Crippen LogP contribution in [-0.2, 0) is 9.84 Å². The maximum atomic E-state index is 12.1. The van der Waals surface area contributed by atoms with E-state index in [2.05, 4.69) is 12.2 Å². The van der Waals surface area contributed by atoms with Gasteiger partial charge in [-0.3, -0.25) is 0 Å². The van der Waals surface area contributed by atoms with Crippen molar-refractivity contribution in [1.82, 2.24) is 0 Å². The second-order valence-corrected chi connectivity index (χ2v) is 7.40. The molecule has 6 heteroatoms. The fraction of sp³-hybridized carbons (Fsp3) is 0.833. The first-order valence-corrected chi connectivity index (χ1v) is 7.92. The van der Waals surface area contributed by atoms with Gasteiger partial charge < -0.3 is 0 Å². The molecular formula is C12H17F3O2S. The summed E-state index contributed by atoms with van der Waals surface area (Å²) in [6.07, 6.45) is 8.23. The zero-order valence-corrected chi connectivity index (χ0v) is 10.8. The average molecular weight is 282 g/mol. The quantitative estimate of drug-likeness (QED) is 0.572. The summed E-state index contributed by atoms with van der Waals surface area (Å²) in [5, 5.41) is 0. The van der Waals surface area contributed by atoms with Crippen molar-refractivity contribution < 1.29 is 21.6 Å². The predicted molar refractivity (Wildman–Crippen MR) is 62.5 cm³/mol. The van der Waals surface area contributed by atoms with Crippen molar-refractivity contribution in [1.29, 1.82) is 0 Å². The summed E-state index contributed by atoms with van der Waals surface area (Å²) in [6, 6.07) is 0. The van der Waals surface area contributed by atoms with E-state index in [1.54, 1.807) is 0 Å². The number of hydrogen-bond donors (Lipinski definition) is 0. The van der Waals surface area contributed by atoms with Crippen molar-refractivity contribution >= 4 is 9.84 Å². The summed E-state index contributed by atoms with van der Waals surface area (Å²) in [6.45, 7) is 0. The Labute approximate surface area is 105 Å². The summed E-state index contributed by atoms with van der Waals surface area (Å²) >= 11 is 0. The minimum atomic E-state index is -5.10. The van der Waals surface area contributed by atoms with Gasteiger partial charge in [0.2, 0.25) is 9.84 Å². The highest BCUT2D eigenvalue weighted by molar-refractivity contribution is 7.92. The Hall–Kier alpha value is -0.520. The van der Waals surface area contributed by atoms with E-state index in [9.17, 15) is 21.6 Å². The van der Waals surface area contributed by atoms with Gasteiger partial charge in [0.05, 0.1) is 5.75 Å². The number of fused-ring (bicyclic) bond motifs is 2. The lowest BCUT2D eigenvalue weighted by Crippen LogP contribution is -2.26. The number of hydrogen-bond acceptors (Lipinski definition) is 2. The van der Waals surface area contributed by atoms with Crippen LogP contribution in [0.1, 0.15) is 32.1 Å². The number of rotatable bonds is 5. The van der Waals surface area contributed by atoms with Crippen molar-refractivity contribution in [3.63, 3.8) is 0 Å². The number of halogens is 3. The van der Waals surface area contributed by atoms with Gasteiger partial charge in [0.25, 0.3) is 0 Å². The van der Waals surface area contributed by atoms with Crippen LogP contribution in [0.2, 0.25) is 0 Å². The Morgan fingerprint density at radius 3 is 2.33 bits per heavy atom. The fourth-order valence-electron chi connectivity index (χ4n) is 3.04. The molecule has 1 saturated carbocycles. The molecule has 0 heterocycles. The Morgan fingerprint density at radius 2 is 1.83 bits per heavy atom. The van der Waals surface area contributed by atoms with E-state index < -0.39 is 21.1 Å². The van der Waals surface area contributed by atoms with Crippen molar-refractivity contribution in [3.8, 4) is 0 Å². The molecule has 0 aromatic heterocycles. The average Bonchev–Trinajstić information content (AvgIpc) is 2.84. The molecule has 0 aromatic rings. The largest absolute Gasteiger partial charge is 0.497 e. The molecule has 2 aliphatic rings. The molecule has 0 spiro atoms. The van der Waals surface area contributed by atoms with Crippen LogP contribution < -0.4 is 0 Å². The van der Waals surface area contributed by atoms with Crippen LogP contribution in [0.4, 0.5) is 13.2 Å². The van der Waals surface area contributed by atoms with Crippen LogP contribution in [0.5, 0.6) is 0 Å². The number of sulfone groups is 1. The van der Waals surface area contributed by atoms with Gasteiger partial charge in [-0.25, -0.2) is 8.42 Å². The Bertz CT molecular complexity index is 425. The van der Waals surface area contributed by atoms with Crippen molar-refractivity contribution in [2.75, 3.05) is 5.75 Å². The molecule has 0 aliphatic heterocycles. The SMILES string of the molecule is O=S(=O)(CCCCC1CC2C=CC1C2)C(F)(F)F. The summed E-state index contributed by atoms with van der Waals surface area (Å²) in [7, 11) is -4.92. The standard InChI is InChI=1S/C12H17F3O2S/c13-12(14,15)18(16,17)6-2-1-3-10-7-9-4-5-11(10)8-9/h4-5,9-11H,1-3,6-8H2. The Balaban J connectivity index is 1.70. The zero-order valence-electron chi connectivity index (χ0n) is 9.99. The lowest BCUT2D eigenvalue weighted by Gasteiger charge is -2.17. The van der Waals surface area contributed by atoms with Gasteiger partial charge in [0, 0.05) is 0 Å². The molecule has 2 aliphatic carbocycles. The molecule has 2 rings (SSSR count). The molecule has 18 heavy (non-hydrogen) atoms. The Kier molecular flexibility index (Phi) is 3.76. The molecule has 0 radical (unpaired) electrons. The van der Waals surface area contributed by atoms with Gasteiger partial charge in [0.15, 0.2) is 0 Å². The monoisotopic (exact) mass is 282 g/mol. The third-order valence-corrected chi connectivity index (χ3v) is 5.54. The summed E-state index contributed by atoms with van der Waals surface area (Å²) in [5.74, 6) is 1.01. The minimum absolute atomic E-state index is 0.111. The van der Waals surface area contributed by atoms with Gasteiger partial charge in [-0.1, -0.05) is 18.6 Å². The van der Waals surface area contributed by atoms with Crippen LogP contribution in [0, 0.1) is 17.8 Å². The lowest BCUT2D eigenvalue weighted by atomic mass is 9.89. The van der Waals surface area contributed by atoms with E-state index in [1.165, 1.54) is 6.42 Å². The van der Waals surface area contributed by atoms with Crippen LogP contribution in [0.3, 0.4) is 0 Å². The highest BCUT2D eigenvalue weighted by Gasteiger charge is 2.44. The number of allylic oxidation sites excluding steroid dienone is 2. The van der Waals surface area contributed by atoms with Crippen LogP contribution in [0.15, 0.2) is 12.2 Å². The molecular weight excluding hydrogens is 265 g/mol. The van der Waals surface area contributed by atoms with Gasteiger partial charge in [-0.2, -0.15) is 13.2 Å². The molecule has 3 unspecified atom stereocenters. The molecule has 0 saturated heterocycles. The van der Waals surface area contributed by atoms with Crippen LogP contribution in [-0.4, -0.2) is 19.7 Å². The molecule has 2 bridgehead atoms. The third kappa shape index (κ3) is 2.90. The second kappa shape index (κ2) is 4.87. The first-order chi connectivity index (χ1) is 8.29. The highest BCUT2D eigenvalue weighted by Crippen LogP contribution is 2.45. The van der Waals surface area contributed by atoms with Crippen LogP contribution >= 0.6 is 0 Å². The molecule has 0 N–H and O–H groups in total. The second-order valence-electron chi connectivity index (χ2n) is 5.30. The summed E-state index contributed by atoms with van der Waals surface area (Å²) in [5.41, 5.74) is -5.10. The molecule has 0 amide bonds. The van der Waals surface area contributed by atoms with Crippen molar-refractivity contribution in [3.05, 3.63) is 12.2 Å². The zero-order chi connectivity index (χ0) is 13.4.